The maximum Gasteiger partial charge on any atom is 1.00 e. The van der Waals surface area contributed by atoms with Crippen LogP contribution in [0.5, 0.6) is 0 Å². The Balaban J connectivity index is 0.00000162. The van der Waals surface area contributed by atoms with Crippen molar-refractivity contribution in [3.63, 3.8) is 0 Å². The summed E-state index contributed by atoms with van der Waals surface area (Å²) in [5.41, 5.74) is 1.20. The Morgan fingerprint density at radius 1 is 1.22 bits per heavy atom. The van der Waals surface area contributed by atoms with Gasteiger partial charge in [0.25, 0.3) is 0 Å². The van der Waals surface area contributed by atoms with E-state index in [1.165, 1.54) is 4.57 Å². The molecule has 0 fully saturated rings. The molecule has 1 heterocycles. The quantitative estimate of drug-likeness (QED) is 0.740. The van der Waals surface area contributed by atoms with E-state index >= 15 is 0 Å². The van der Waals surface area contributed by atoms with E-state index in [0.717, 1.165) is 6.42 Å². The first kappa shape index (κ1) is 16.2. The zero-order valence-electron chi connectivity index (χ0n) is 10.5. The molecular formula is C11H13BF3KN2. The van der Waals surface area contributed by atoms with Crippen LogP contribution in [0, 0.1) is 0 Å². The van der Waals surface area contributed by atoms with Crippen LogP contribution in [-0.2, 0) is 12.9 Å². The van der Waals surface area contributed by atoms with Gasteiger partial charge in [0.1, 0.15) is 5.82 Å². The molecule has 0 aliphatic carbocycles. The van der Waals surface area contributed by atoms with Crippen LogP contribution in [-0.4, -0.2) is 16.5 Å². The number of fused-ring (bicyclic) bond motifs is 1. The minimum Gasteiger partial charge on any atom is -0.448 e. The van der Waals surface area contributed by atoms with Crippen molar-refractivity contribution in [2.45, 2.75) is 26.2 Å². The van der Waals surface area contributed by atoms with Gasteiger partial charge in [-0.25, -0.2) is 4.98 Å². The summed E-state index contributed by atoms with van der Waals surface area (Å²) in [4.78, 5) is 4.26. The molecule has 1 aromatic heterocycles. The van der Waals surface area contributed by atoms with Crippen molar-refractivity contribution in [3.05, 3.63) is 30.1 Å². The summed E-state index contributed by atoms with van der Waals surface area (Å²) in [7, 11) is 0. The van der Waals surface area contributed by atoms with Crippen LogP contribution in [0.2, 0.25) is 0 Å². The van der Waals surface area contributed by atoms with Crippen molar-refractivity contribution in [2.75, 3.05) is 0 Å². The fourth-order valence-electron chi connectivity index (χ4n) is 1.95. The molecule has 0 radical (unpaired) electrons. The molecule has 0 N–H and O–H groups in total. The predicted octanol–water partition coefficient (Wildman–Crippen LogP) is 0.379. The minimum absolute atomic E-state index is 0. The summed E-state index contributed by atoms with van der Waals surface area (Å²) < 4.78 is 39.0. The Hall–Kier alpha value is 0.181. The summed E-state index contributed by atoms with van der Waals surface area (Å²) in [6.45, 7) is -2.91. The Labute approximate surface area is 146 Å². The van der Waals surface area contributed by atoms with Crippen LogP contribution < -0.4 is 51.4 Å². The topological polar surface area (TPSA) is 17.8 Å². The van der Waals surface area contributed by atoms with Gasteiger partial charge in [-0.1, -0.05) is 19.1 Å². The summed E-state index contributed by atoms with van der Waals surface area (Å²) >= 11 is 0. The molecule has 0 spiro atoms. The molecule has 2 rings (SSSR count). The van der Waals surface area contributed by atoms with Gasteiger partial charge in [0.15, 0.2) is 0 Å². The number of para-hydroxylation sites is 2. The molecular weight excluding hydrogens is 267 g/mol. The summed E-state index contributed by atoms with van der Waals surface area (Å²) in [6.07, 6.45) is 0.449. The fraction of sp³-hybridized carbons (Fsp3) is 0.364. The summed E-state index contributed by atoms with van der Waals surface area (Å²) in [5.74, 6) is 0.521. The van der Waals surface area contributed by atoms with Gasteiger partial charge in [0, 0.05) is 6.42 Å². The molecule has 0 saturated carbocycles. The number of benzene rings is 1. The van der Waals surface area contributed by atoms with Gasteiger partial charge in [-0.3, -0.25) is 0 Å². The number of hydrogen-bond donors (Lipinski definition) is 0. The van der Waals surface area contributed by atoms with Crippen molar-refractivity contribution >= 4 is 18.0 Å². The second kappa shape index (κ2) is 6.56. The van der Waals surface area contributed by atoms with Crippen molar-refractivity contribution in [3.8, 4) is 0 Å². The first-order valence-electron chi connectivity index (χ1n) is 5.66. The van der Waals surface area contributed by atoms with Gasteiger partial charge in [-0.2, -0.15) is 0 Å². The molecule has 0 amide bonds. The zero-order valence-corrected chi connectivity index (χ0v) is 13.7. The van der Waals surface area contributed by atoms with Crippen LogP contribution in [0.4, 0.5) is 12.9 Å². The van der Waals surface area contributed by atoms with Gasteiger partial charge in [-0.15, -0.1) is 0 Å². The smallest absolute Gasteiger partial charge is 0.448 e. The Morgan fingerprint density at radius 2 is 1.89 bits per heavy atom. The van der Waals surface area contributed by atoms with Crippen LogP contribution in [0.3, 0.4) is 0 Å². The average Bonchev–Trinajstić information content (AvgIpc) is 2.56. The molecule has 0 saturated heterocycles. The van der Waals surface area contributed by atoms with Gasteiger partial charge in [-0.05, 0) is 25.0 Å². The van der Waals surface area contributed by atoms with Crippen LogP contribution >= 0.6 is 0 Å². The number of nitrogens with zero attached hydrogens (tertiary/aromatic N) is 2. The third-order valence-electron chi connectivity index (χ3n) is 2.60. The van der Waals surface area contributed by atoms with Gasteiger partial charge in [0.05, 0.1) is 11.0 Å². The molecule has 18 heavy (non-hydrogen) atoms. The summed E-state index contributed by atoms with van der Waals surface area (Å²) in [6, 6.07) is 6.95. The molecule has 0 bridgehead atoms. The molecule has 0 aliphatic rings. The fourth-order valence-corrected chi connectivity index (χ4v) is 1.95. The van der Waals surface area contributed by atoms with Crippen molar-refractivity contribution in [1.82, 2.24) is 9.55 Å². The number of rotatable bonds is 4. The van der Waals surface area contributed by atoms with E-state index in [9.17, 15) is 12.9 Å². The SMILES string of the molecule is CCCc1nc2ccccc2n1C[B-](F)(F)F.[K+]. The van der Waals surface area contributed by atoms with Gasteiger partial charge in [0.2, 0.25) is 0 Å². The number of aryl methyl sites for hydroxylation is 1. The average molecular weight is 280 g/mol. The van der Waals surface area contributed by atoms with E-state index in [-0.39, 0.29) is 51.4 Å². The van der Waals surface area contributed by atoms with E-state index < -0.39 is 13.4 Å². The second-order valence-electron chi connectivity index (χ2n) is 4.09. The molecule has 2 nitrogen and oxygen atoms in total. The third kappa shape index (κ3) is 3.84. The van der Waals surface area contributed by atoms with E-state index in [2.05, 4.69) is 4.98 Å². The maximum absolute atomic E-state index is 12.6. The van der Waals surface area contributed by atoms with E-state index in [0.29, 0.717) is 23.3 Å². The van der Waals surface area contributed by atoms with Gasteiger partial charge < -0.3 is 17.5 Å². The first-order chi connectivity index (χ1) is 8.01. The van der Waals surface area contributed by atoms with Crippen LogP contribution in [0.25, 0.3) is 11.0 Å². The molecule has 0 unspecified atom stereocenters. The standard InChI is InChI=1S/C11H13BF3N2.K/c1-2-5-11-16-9-6-3-4-7-10(9)17(11)8-12(13,14)15;/h3-4,6-7H,2,5,8H2,1H3;/q-1;+1. The number of imidazole rings is 1. The van der Waals surface area contributed by atoms with Crippen LogP contribution in [0.1, 0.15) is 19.2 Å². The van der Waals surface area contributed by atoms with Gasteiger partial charge >= 0.3 is 58.4 Å². The predicted molar refractivity (Wildman–Crippen MR) is 62.8 cm³/mol. The van der Waals surface area contributed by atoms with E-state index in [1.807, 2.05) is 6.92 Å². The third-order valence-corrected chi connectivity index (χ3v) is 2.60. The molecule has 1 aromatic carbocycles. The van der Waals surface area contributed by atoms with Crippen molar-refractivity contribution in [2.24, 2.45) is 0 Å². The van der Waals surface area contributed by atoms with E-state index in [4.69, 9.17) is 0 Å². The Kier molecular flexibility index (Phi) is 5.92. The van der Waals surface area contributed by atoms with E-state index in [1.54, 1.807) is 24.3 Å². The zero-order chi connectivity index (χ0) is 12.5. The second-order valence-corrected chi connectivity index (χ2v) is 4.09. The molecule has 92 valence electrons. The largest absolute Gasteiger partial charge is 1.00 e. The Bertz CT molecular complexity index is 524. The summed E-state index contributed by atoms with van der Waals surface area (Å²) in [5, 5.41) is 0. The molecule has 0 aliphatic heterocycles. The molecule has 2 aromatic rings. The first-order valence-corrected chi connectivity index (χ1v) is 5.66. The molecule has 0 atom stereocenters. The number of halogens is 3. The number of aromatic nitrogens is 2. The number of hydrogen-bond acceptors (Lipinski definition) is 1. The Morgan fingerprint density at radius 3 is 2.50 bits per heavy atom. The molecule has 7 heteroatoms. The normalized spacial score (nSPS) is 11.6. The maximum atomic E-state index is 12.6. The van der Waals surface area contributed by atoms with Crippen LogP contribution in [0.15, 0.2) is 24.3 Å². The van der Waals surface area contributed by atoms with Crippen molar-refractivity contribution in [1.29, 1.82) is 0 Å². The monoisotopic (exact) mass is 280 g/mol. The van der Waals surface area contributed by atoms with Crippen molar-refractivity contribution < 1.29 is 64.3 Å². The minimum atomic E-state index is -4.85.